The minimum Gasteiger partial charge on any atom is -0.496 e. The van der Waals surface area contributed by atoms with Gasteiger partial charge in [0.15, 0.2) is 10.6 Å². The van der Waals surface area contributed by atoms with Gasteiger partial charge in [-0.15, -0.1) is 0 Å². The van der Waals surface area contributed by atoms with Gasteiger partial charge in [-0.05, 0) is 48.6 Å². The first-order valence-electron chi connectivity index (χ1n) is 9.47. The lowest BCUT2D eigenvalue weighted by Crippen LogP contribution is -2.36. The van der Waals surface area contributed by atoms with Gasteiger partial charge in [-0.25, -0.2) is 4.68 Å². The van der Waals surface area contributed by atoms with E-state index in [1.165, 1.54) is 0 Å². The molecular formula is C21H23ClN4O3S. The van der Waals surface area contributed by atoms with Crippen LogP contribution in [-0.2, 0) is 20.3 Å². The molecular weight excluding hydrogens is 424 g/mol. The van der Waals surface area contributed by atoms with Gasteiger partial charge in [0.1, 0.15) is 11.5 Å². The number of β-amino-alcohol motifs (C(OH)–C–C–N with tert-alkyl or cyclic N) is 1. The number of benzene rings is 2. The normalized spacial score (nSPS) is 16.4. The van der Waals surface area contributed by atoms with Crippen molar-refractivity contribution in [1.29, 1.82) is 0 Å². The summed E-state index contributed by atoms with van der Waals surface area (Å²) in [6.45, 7) is 1.46. The number of aliphatic hydroxyl groups is 1. The number of rotatable bonds is 5. The molecule has 4 rings (SSSR count). The fraction of sp³-hybridized carbons (Fsp3) is 0.333. The highest BCUT2D eigenvalue weighted by molar-refractivity contribution is 7.71. The van der Waals surface area contributed by atoms with E-state index in [-0.39, 0.29) is 0 Å². The molecule has 0 aliphatic carbocycles. The molecule has 0 saturated carbocycles. The molecule has 1 aliphatic heterocycles. The van der Waals surface area contributed by atoms with Gasteiger partial charge in [-0.1, -0.05) is 11.6 Å². The Hall–Kier alpha value is -2.39. The summed E-state index contributed by atoms with van der Waals surface area (Å²) in [5.41, 5.74) is 2.62. The van der Waals surface area contributed by atoms with E-state index in [1.54, 1.807) is 18.9 Å². The summed E-state index contributed by atoms with van der Waals surface area (Å²) in [7, 11) is 5.12. The third-order valence-corrected chi connectivity index (χ3v) is 6.07. The molecule has 158 valence electrons. The lowest BCUT2D eigenvalue weighted by Gasteiger charge is -2.33. The van der Waals surface area contributed by atoms with Crippen LogP contribution in [0.3, 0.4) is 0 Å². The molecule has 0 spiro atoms. The van der Waals surface area contributed by atoms with Gasteiger partial charge >= 0.3 is 0 Å². The van der Waals surface area contributed by atoms with Crippen LogP contribution in [0.4, 0.5) is 0 Å². The van der Waals surface area contributed by atoms with Crippen LogP contribution in [0.15, 0.2) is 36.4 Å². The lowest BCUT2D eigenvalue weighted by molar-refractivity contribution is 0.0670. The average Bonchev–Trinajstić information content (AvgIpc) is 3.02. The second kappa shape index (κ2) is 8.39. The maximum atomic E-state index is 10.8. The molecule has 1 N–H and O–H groups in total. The van der Waals surface area contributed by atoms with Crippen LogP contribution in [0.2, 0.25) is 5.02 Å². The predicted molar refractivity (Wildman–Crippen MR) is 117 cm³/mol. The lowest BCUT2D eigenvalue weighted by atomic mass is 9.95. The van der Waals surface area contributed by atoms with Crippen molar-refractivity contribution in [2.45, 2.75) is 19.3 Å². The van der Waals surface area contributed by atoms with E-state index in [0.29, 0.717) is 35.3 Å². The molecule has 0 bridgehead atoms. The SMILES string of the molecule is COc1ccc(OC)c2c1CN(Cn1nc(-c3ccc(Cl)cc3)n(C)c1=S)C[C@@H]2O. The number of aromatic nitrogens is 3. The first kappa shape index (κ1) is 20.9. The summed E-state index contributed by atoms with van der Waals surface area (Å²) < 4.78 is 15.2. The van der Waals surface area contributed by atoms with Crippen LogP contribution < -0.4 is 9.47 Å². The third-order valence-electron chi connectivity index (χ3n) is 5.34. The van der Waals surface area contributed by atoms with Gasteiger partial charge in [0, 0.05) is 41.9 Å². The summed E-state index contributed by atoms with van der Waals surface area (Å²) in [5.74, 6) is 2.15. The molecule has 0 radical (unpaired) electrons. The van der Waals surface area contributed by atoms with Crippen molar-refractivity contribution in [1.82, 2.24) is 19.2 Å². The summed E-state index contributed by atoms with van der Waals surface area (Å²) in [4.78, 5) is 2.09. The zero-order valence-electron chi connectivity index (χ0n) is 17.0. The van der Waals surface area contributed by atoms with Gasteiger partial charge in [0.05, 0.1) is 27.0 Å². The molecule has 1 aliphatic rings. The average molecular weight is 447 g/mol. The molecule has 3 aromatic rings. The van der Waals surface area contributed by atoms with Gasteiger partial charge in [-0.2, -0.15) is 5.10 Å². The summed E-state index contributed by atoms with van der Waals surface area (Å²) in [6.07, 6.45) is -0.701. The van der Waals surface area contributed by atoms with E-state index in [0.717, 1.165) is 28.3 Å². The van der Waals surface area contributed by atoms with Crippen LogP contribution >= 0.6 is 23.8 Å². The Balaban J connectivity index is 1.64. The van der Waals surface area contributed by atoms with Crippen molar-refractivity contribution in [3.8, 4) is 22.9 Å². The Kier molecular flexibility index (Phi) is 5.84. The van der Waals surface area contributed by atoms with E-state index in [4.69, 9.17) is 38.4 Å². The number of hydrogen-bond acceptors (Lipinski definition) is 6. The first-order valence-corrected chi connectivity index (χ1v) is 10.3. The number of ether oxygens (including phenoxy) is 2. The van der Waals surface area contributed by atoms with E-state index in [9.17, 15) is 5.11 Å². The number of fused-ring (bicyclic) bond motifs is 1. The Morgan fingerprint density at radius 1 is 1.13 bits per heavy atom. The number of halogens is 1. The van der Waals surface area contributed by atoms with Crippen LogP contribution in [0, 0.1) is 4.77 Å². The highest BCUT2D eigenvalue weighted by Gasteiger charge is 2.30. The predicted octanol–water partition coefficient (Wildman–Crippen LogP) is 3.80. The molecule has 2 heterocycles. The van der Waals surface area contributed by atoms with Crippen molar-refractivity contribution < 1.29 is 14.6 Å². The quantitative estimate of drug-likeness (QED) is 0.601. The smallest absolute Gasteiger partial charge is 0.199 e. The molecule has 9 heteroatoms. The van der Waals surface area contributed by atoms with Crippen molar-refractivity contribution in [2.24, 2.45) is 7.05 Å². The zero-order chi connectivity index (χ0) is 21.4. The number of methoxy groups -OCH3 is 2. The van der Waals surface area contributed by atoms with E-state index < -0.39 is 6.10 Å². The van der Waals surface area contributed by atoms with Gasteiger partial charge in [-0.3, -0.25) is 4.90 Å². The number of nitrogens with zero attached hydrogens (tertiary/aromatic N) is 4. The van der Waals surface area contributed by atoms with Gasteiger partial charge in [0.2, 0.25) is 0 Å². The Bertz CT molecular complexity index is 1130. The minimum absolute atomic E-state index is 0.436. The number of aliphatic hydroxyl groups excluding tert-OH is 1. The van der Waals surface area contributed by atoms with Gasteiger partial charge < -0.3 is 19.1 Å². The Morgan fingerprint density at radius 3 is 2.47 bits per heavy atom. The van der Waals surface area contributed by atoms with Crippen molar-refractivity contribution >= 4 is 23.8 Å². The van der Waals surface area contributed by atoms with Crippen molar-refractivity contribution in [2.75, 3.05) is 20.8 Å². The van der Waals surface area contributed by atoms with Crippen LogP contribution in [-0.4, -0.2) is 45.1 Å². The molecule has 0 unspecified atom stereocenters. The Labute approximate surface area is 185 Å². The standard InChI is InChI=1S/C21H23ClN4O3S/c1-24-20(13-4-6-14(22)7-5-13)23-26(21(24)30)12-25-10-15-17(28-2)8-9-18(29-3)19(15)16(27)11-25/h4-9,16,27H,10-12H2,1-3H3/t16-/m0/s1. The molecule has 1 atom stereocenters. The monoisotopic (exact) mass is 446 g/mol. The maximum Gasteiger partial charge on any atom is 0.199 e. The molecule has 0 fully saturated rings. The van der Waals surface area contributed by atoms with Crippen molar-refractivity contribution in [3.05, 3.63) is 57.3 Å². The summed E-state index contributed by atoms with van der Waals surface area (Å²) >= 11 is 11.6. The largest absolute Gasteiger partial charge is 0.496 e. The Morgan fingerprint density at radius 2 is 1.80 bits per heavy atom. The van der Waals surface area contributed by atoms with Crippen LogP contribution in [0.5, 0.6) is 11.5 Å². The molecule has 0 amide bonds. The molecule has 1 aromatic heterocycles. The van der Waals surface area contributed by atoms with Crippen LogP contribution in [0.1, 0.15) is 17.2 Å². The molecule has 30 heavy (non-hydrogen) atoms. The topological polar surface area (TPSA) is 64.7 Å². The minimum atomic E-state index is -0.701. The summed E-state index contributed by atoms with van der Waals surface area (Å²) in [5, 5.41) is 16.2. The zero-order valence-corrected chi connectivity index (χ0v) is 18.6. The maximum absolute atomic E-state index is 10.8. The first-order chi connectivity index (χ1) is 14.4. The van der Waals surface area contributed by atoms with E-state index in [2.05, 4.69) is 4.90 Å². The fourth-order valence-electron chi connectivity index (χ4n) is 3.87. The number of hydrogen-bond donors (Lipinski definition) is 1. The second-order valence-corrected chi connectivity index (χ2v) is 8.00. The van der Waals surface area contributed by atoms with E-state index >= 15 is 0 Å². The van der Waals surface area contributed by atoms with Crippen LogP contribution in [0.25, 0.3) is 11.4 Å². The molecule has 0 saturated heterocycles. The third kappa shape index (κ3) is 3.72. The fourth-order valence-corrected chi connectivity index (χ4v) is 4.18. The van der Waals surface area contributed by atoms with E-state index in [1.807, 2.05) is 48.0 Å². The highest BCUT2D eigenvalue weighted by atomic mass is 35.5. The second-order valence-electron chi connectivity index (χ2n) is 7.20. The molecule has 7 nitrogen and oxygen atoms in total. The molecule has 2 aromatic carbocycles. The highest BCUT2D eigenvalue weighted by Crippen LogP contribution is 2.39. The van der Waals surface area contributed by atoms with Crippen molar-refractivity contribution in [3.63, 3.8) is 0 Å². The summed E-state index contributed by atoms with van der Waals surface area (Å²) in [6, 6.07) is 11.2. The van der Waals surface area contributed by atoms with Gasteiger partial charge in [0.25, 0.3) is 0 Å².